The zero-order valence-corrected chi connectivity index (χ0v) is 29.7. The third kappa shape index (κ3) is 5.16. The molecule has 0 unspecified atom stereocenters. The molecular weight excluding hydrogens is 665 g/mol. The zero-order chi connectivity index (χ0) is 40.6. The fourth-order valence-corrected chi connectivity index (χ4v) is 8.46. The first-order chi connectivity index (χ1) is 29.4. The minimum absolute atomic E-state index is 0.194. The Labute approximate surface area is 326 Å². The largest absolute Gasteiger partial charge is 0.456 e. The maximum Gasteiger partial charge on any atom is 0.136 e. The second kappa shape index (κ2) is 12.7. The summed E-state index contributed by atoms with van der Waals surface area (Å²) in [5.41, 5.74) is 11.2. The smallest absolute Gasteiger partial charge is 0.136 e. The van der Waals surface area contributed by atoms with Gasteiger partial charge in [-0.3, -0.25) is 0 Å². The van der Waals surface area contributed by atoms with Crippen molar-refractivity contribution >= 4 is 54.3 Å². The molecule has 0 aliphatic rings. The second-order valence-corrected chi connectivity index (χ2v) is 14.0. The normalized spacial score (nSPS) is 12.9. The van der Waals surface area contributed by atoms with Crippen LogP contribution in [-0.4, -0.2) is 0 Å². The minimum atomic E-state index is -0.407. The van der Waals surface area contributed by atoms with Gasteiger partial charge in [-0.1, -0.05) is 182 Å². The molecule has 11 rings (SSSR count). The molecule has 0 fully saturated rings. The van der Waals surface area contributed by atoms with Crippen LogP contribution in [0.4, 0.5) is 0 Å². The van der Waals surface area contributed by atoms with Crippen LogP contribution >= 0.6 is 0 Å². The first-order valence-electron chi connectivity index (χ1n) is 21.0. The molecule has 0 saturated heterocycles. The summed E-state index contributed by atoms with van der Waals surface area (Å²) in [6.07, 6.45) is 0. The monoisotopic (exact) mass is 703 g/mol. The van der Waals surface area contributed by atoms with E-state index in [4.69, 9.17) is 11.3 Å². The molecule has 11 aromatic rings. The van der Waals surface area contributed by atoms with Gasteiger partial charge in [-0.25, -0.2) is 0 Å². The molecular formula is C54H34O. The van der Waals surface area contributed by atoms with E-state index in [0.29, 0.717) is 5.56 Å². The van der Waals surface area contributed by atoms with Gasteiger partial charge in [0.2, 0.25) is 0 Å². The van der Waals surface area contributed by atoms with Gasteiger partial charge in [0.1, 0.15) is 11.2 Å². The van der Waals surface area contributed by atoms with E-state index >= 15 is 0 Å². The lowest BCUT2D eigenvalue weighted by molar-refractivity contribution is 0.669. The lowest BCUT2D eigenvalue weighted by Crippen LogP contribution is -1.91. The maximum absolute atomic E-state index is 8.95. The Balaban J connectivity index is 1.07. The van der Waals surface area contributed by atoms with Crippen LogP contribution in [0.1, 0.15) is 6.85 Å². The Hall–Kier alpha value is -7.22. The van der Waals surface area contributed by atoms with Gasteiger partial charge < -0.3 is 4.42 Å². The highest BCUT2D eigenvalue weighted by Crippen LogP contribution is 2.47. The van der Waals surface area contributed by atoms with Crippen LogP contribution < -0.4 is 0 Å². The molecule has 55 heavy (non-hydrogen) atoms. The number of furan rings is 1. The van der Waals surface area contributed by atoms with E-state index < -0.39 is 6.04 Å². The van der Waals surface area contributed by atoms with Gasteiger partial charge in [0.15, 0.2) is 0 Å². The van der Waals surface area contributed by atoms with Gasteiger partial charge in [-0.05, 0) is 112 Å². The zero-order valence-electron chi connectivity index (χ0n) is 34.7. The Kier molecular flexibility index (Phi) is 6.14. The van der Waals surface area contributed by atoms with Crippen molar-refractivity contribution in [2.45, 2.75) is 0 Å². The molecule has 0 N–H and O–H groups in total. The third-order valence-electron chi connectivity index (χ3n) is 11.0. The molecule has 1 heterocycles. The van der Waals surface area contributed by atoms with Crippen LogP contribution in [0, 0.1) is 0 Å². The third-order valence-corrected chi connectivity index (χ3v) is 11.0. The van der Waals surface area contributed by atoms with E-state index in [0.717, 1.165) is 71.3 Å². The number of benzene rings is 10. The van der Waals surface area contributed by atoms with Gasteiger partial charge in [0.05, 0.1) is 6.85 Å². The van der Waals surface area contributed by atoms with Gasteiger partial charge in [0.25, 0.3) is 0 Å². The summed E-state index contributed by atoms with van der Waals surface area (Å²) >= 11 is 0. The molecule has 0 bridgehead atoms. The van der Waals surface area contributed by atoms with E-state index in [1.54, 1.807) is 0 Å². The van der Waals surface area contributed by atoms with Crippen molar-refractivity contribution in [3.8, 4) is 55.6 Å². The minimum Gasteiger partial charge on any atom is -0.456 e. The molecule has 10 aromatic carbocycles. The summed E-state index contributed by atoms with van der Waals surface area (Å²) in [6.45, 7) is 0. The lowest BCUT2D eigenvalue weighted by atomic mass is 9.85. The molecule has 0 spiro atoms. The molecule has 1 aromatic heterocycles. The summed E-state index contributed by atoms with van der Waals surface area (Å²) < 4.78 is 49.7. The molecule has 0 aliphatic heterocycles. The second-order valence-electron chi connectivity index (χ2n) is 14.0. The van der Waals surface area contributed by atoms with E-state index in [2.05, 4.69) is 127 Å². The molecule has 1 heteroatoms. The number of fused-ring (bicyclic) bond motifs is 6. The van der Waals surface area contributed by atoms with Crippen molar-refractivity contribution in [2.75, 3.05) is 0 Å². The Morgan fingerprint density at radius 1 is 0.327 bits per heavy atom. The predicted molar refractivity (Wildman–Crippen MR) is 233 cm³/mol. The van der Waals surface area contributed by atoms with E-state index in [-0.39, 0.29) is 29.7 Å². The topological polar surface area (TPSA) is 13.1 Å². The van der Waals surface area contributed by atoms with Crippen LogP contribution in [0.3, 0.4) is 0 Å². The van der Waals surface area contributed by atoms with E-state index in [1.807, 2.05) is 48.5 Å². The van der Waals surface area contributed by atoms with Gasteiger partial charge in [-0.15, -0.1) is 0 Å². The first kappa shape index (κ1) is 26.5. The molecule has 0 saturated carbocycles. The van der Waals surface area contributed by atoms with Crippen molar-refractivity contribution in [3.63, 3.8) is 0 Å². The molecule has 0 aliphatic carbocycles. The van der Waals surface area contributed by atoms with Gasteiger partial charge in [0, 0.05) is 10.8 Å². The molecule has 0 radical (unpaired) electrons. The standard InChI is InChI=1S/C54H34O/c1-2-14-38(15-3-1)52-44-19-8-10-21-46(44)53(47-22-11-9-20-45(47)52)48-23-12-24-51-54(48)49-34-40(31-32-50(49)55-51)36-25-28-37(29-26-36)42-17-6-7-18-43(42)41-30-27-35-13-4-5-16-39(35)33-41/h1-34H/i1D,2D,3D,14D,15D. The SMILES string of the molecule is [2H]c1c([2H])c([2H])c(-c2c3ccccc3c(-c3cccc4oc5ccc(-c6ccc(-c7ccccc7-c7ccc8ccccc8c7)cc6)cc5c34)c3ccccc23)c([2H])c1[2H]. The predicted octanol–water partition coefficient (Wildman–Crippen LogP) is 15.4. The molecule has 256 valence electrons. The number of hydrogen-bond donors (Lipinski definition) is 0. The summed E-state index contributed by atoms with van der Waals surface area (Å²) in [5.74, 6) is 0. The maximum atomic E-state index is 8.95. The van der Waals surface area contributed by atoms with E-state index in [1.165, 1.54) is 27.5 Å². The van der Waals surface area contributed by atoms with Crippen LogP contribution in [0.25, 0.3) is 110 Å². The highest BCUT2D eigenvalue weighted by atomic mass is 16.3. The van der Waals surface area contributed by atoms with Crippen molar-refractivity contribution in [1.82, 2.24) is 0 Å². The Morgan fingerprint density at radius 3 is 1.62 bits per heavy atom. The van der Waals surface area contributed by atoms with E-state index in [9.17, 15) is 0 Å². The molecule has 0 amide bonds. The average Bonchev–Trinajstić information content (AvgIpc) is 3.68. The Bertz CT molecular complexity index is 3460. The van der Waals surface area contributed by atoms with Crippen LogP contribution in [-0.2, 0) is 0 Å². The van der Waals surface area contributed by atoms with Crippen LogP contribution in [0.2, 0.25) is 0 Å². The molecule has 1 nitrogen and oxygen atoms in total. The van der Waals surface area contributed by atoms with Gasteiger partial charge in [-0.2, -0.15) is 0 Å². The highest BCUT2D eigenvalue weighted by molar-refractivity contribution is 6.25. The summed E-state index contributed by atoms with van der Waals surface area (Å²) in [5, 5.41) is 7.86. The first-order valence-corrected chi connectivity index (χ1v) is 18.5. The van der Waals surface area contributed by atoms with Crippen molar-refractivity contribution in [1.29, 1.82) is 0 Å². The number of rotatable bonds is 5. The van der Waals surface area contributed by atoms with Crippen molar-refractivity contribution < 1.29 is 11.3 Å². The van der Waals surface area contributed by atoms with Crippen molar-refractivity contribution in [3.05, 3.63) is 206 Å². The fraction of sp³-hybridized carbons (Fsp3) is 0. The Morgan fingerprint density at radius 2 is 0.891 bits per heavy atom. The van der Waals surface area contributed by atoms with Crippen LogP contribution in [0.15, 0.2) is 211 Å². The summed E-state index contributed by atoms with van der Waals surface area (Å²) in [7, 11) is 0. The molecule has 0 atom stereocenters. The quantitative estimate of drug-likeness (QED) is 0.163. The van der Waals surface area contributed by atoms with Crippen molar-refractivity contribution in [2.24, 2.45) is 0 Å². The lowest BCUT2D eigenvalue weighted by Gasteiger charge is -2.18. The summed E-state index contributed by atoms with van der Waals surface area (Å²) in [4.78, 5) is 0. The van der Waals surface area contributed by atoms with Gasteiger partial charge >= 0.3 is 0 Å². The number of hydrogen-bond acceptors (Lipinski definition) is 1. The fourth-order valence-electron chi connectivity index (χ4n) is 8.46. The van der Waals surface area contributed by atoms with Crippen LogP contribution in [0.5, 0.6) is 0 Å². The summed E-state index contributed by atoms with van der Waals surface area (Å²) in [6, 6.07) is 59.4. The highest BCUT2D eigenvalue weighted by Gasteiger charge is 2.20. The average molecular weight is 704 g/mol.